The summed E-state index contributed by atoms with van der Waals surface area (Å²) in [5, 5.41) is 12.6. The van der Waals surface area contributed by atoms with Crippen molar-refractivity contribution in [3.05, 3.63) is 88.5 Å². The Bertz CT molecular complexity index is 1170. The number of hydrogen-bond acceptors (Lipinski definition) is 4. The van der Waals surface area contributed by atoms with Crippen LogP contribution in [0.4, 0.5) is 5.69 Å². The maximum absolute atomic E-state index is 13.2. The van der Waals surface area contributed by atoms with E-state index in [1.54, 1.807) is 10.6 Å². The molecule has 134 valence electrons. The molecule has 0 spiro atoms. The monoisotopic (exact) mass is 359 g/mol. The van der Waals surface area contributed by atoms with E-state index in [2.05, 4.69) is 0 Å². The first kappa shape index (κ1) is 16.9. The number of nitro benzene ring substituents is 1. The standard InChI is InChI=1S/C21H17N3O3/c22-18(12-14-6-2-1-3-7-14)21(25)23-19-9-5-4-8-16(19)17-13-15(24(26)27)10-11-20(17)23/h1-11,13,18H,12,22H2. The molecule has 0 fully saturated rings. The summed E-state index contributed by atoms with van der Waals surface area (Å²) in [6.45, 7) is 0. The van der Waals surface area contributed by atoms with Gasteiger partial charge in [-0.2, -0.15) is 0 Å². The van der Waals surface area contributed by atoms with Gasteiger partial charge in [-0.1, -0.05) is 48.5 Å². The van der Waals surface area contributed by atoms with Gasteiger partial charge in [-0.05, 0) is 24.1 Å². The topological polar surface area (TPSA) is 91.2 Å². The molecule has 4 rings (SSSR count). The van der Waals surface area contributed by atoms with Gasteiger partial charge >= 0.3 is 0 Å². The number of carbonyl (C=O) groups excluding carboxylic acids is 1. The van der Waals surface area contributed by atoms with E-state index >= 15 is 0 Å². The lowest BCUT2D eigenvalue weighted by atomic mass is 10.1. The smallest absolute Gasteiger partial charge is 0.270 e. The molecule has 0 aliphatic heterocycles. The van der Waals surface area contributed by atoms with E-state index in [0.717, 1.165) is 10.9 Å². The summed E-state index contributed by atoms with van der Waals surface area (Å²) in [7, 11) is 0. The third-order valence-electron chi connectivity index (χ3n) is 4.70. The van der Waals surface area contributed by atoms with Crippen LogP contribution in [0.2, 0.25) is 0 Å². The van der Waals surface area contributed by atoms with Crippen LogP contribution < -0.4 is 5.73 Å². The van der Waals surface area contributed by atoms with Crippen molar-refractivity contribution in [1.82, 2.24) is 4.57 Å². The van der Waals surface area contributed by atoms with Crippen LogP contribution >= 0.6 is 0 Å². The molecule has 4 aromatic rings. The number of carbonyl (C=O) groups is 1. The SMILES string of the molecule is NC(Cc1ccccc1)C(=O)n1c2ccccc2c2cc([N+](=O)[O-])ccc21. The van der Waals surface area contributed by atoms with Gasteiger partial charge in [0.15, 0.2) is 0 Å². The molecule has 0 aliphatic carbocycles. The molecule has 6 nitrogen and oxygen atoms in total. The van der Waals surface area contributed by atoms with E-state index in [1.807, 2.05) is 54.6 Å². The molecular weight excluding hydrogens is 342 g/mol. The van der Waals surface area contributed by atoms with Crippen molar-refractivity contribution in [2.24, 2.45) is 5.73 Å². The minimum atomic E-state index is -0.721. The second kappa shape index (κ2) is 6.66. The average molecular weight is 359 g/mol. The van der Waals surface area contributed by atoms with E-state index in [0.29, 0.717) is 22.8 Å². The molecular formula is C21H17N3O3. The summed E-state index contributed by atoms with van der Waals surface area (Å²) < 4.78 is 1.57. The highest BCUT2D eigenvalue weighted by molar-refractivity contribution is 6.14. The number of nitrogens with zero attached hydrogens (tertiary/aromatic N) is 2. The molecule has 0 amide bonds. The van der Waals surface area contributed by atoms with Crippen LogP contribution in [0.3, 0.4) is 0 Å². The van der Waals surface area contributed by atoms with Crippen LogP contribution in [0.5, 0.6) is 0 Å². The molecule has 1 atom stereocenters. The predicted octanol–water partition coefficient (Wildman–Crippen LogP) is 3.91. The number of rotatable bonds is 4. The van der Waals surface area contributed by atoms with Gasteiger partial charge in [-0.3, -0.25) is 19.5 Å². The highest BCUT2D eigenvalue weighted by atomic mass is 16.6. The summed E-state index contributed by atoms with van der Waals surface area (Å²) in [6, 6.07) is 20.8. The fraction of sp³-hybridized carbons (Fsp3) is 0.0952. The van der Waals surface area contributed by atoms with Gasteiger partial charge in [-0.15, -0.1) is 0 Å². The van der Waals surface area contributed by atoms with E-state index in [-0.39, 0.29) is 11.6 Å². The minimum Gasteiger partial charge on any atom is -0.320 e. The zero-order chi connectivity index (χ0) is 19.0. The molecule has 6 heteroatoms. The Labute approximate surface area is 155 Å². The number of nitrogens with two attached hydrogens (primary N) is 1. The number of hydrogen-bond donors (Lipinski definition) is 1. The molecule has 0 saturated carbocycles. The first-order valence-corrected chi connectivity index (χ1v) is 8.57. The average Bonchev–Trinajstić information content (AvgIpc) is 3.01. The van der Waals surface area contributed by atoms with Gasteiger partial charge < -0.3 is 5.73 Å². The Balaban J connectivity index is 1.84. The third-order valence-corrected chi connectivity index (χ3v) is 4.70. The number of para-hydroxylation sites is 1. The molecule has 1 aromatic heterocycles. The summed E-state index contributed by atoms with van der Waals surface area (Å²) in [4.78, 5) is 23.9. The Morgan fingerprint density at radius 1 is 0.963 bits per heavy atom. The normalized spacial score (nSPS) is 12.3. The first-order valence-electron chi connectivity index (χ1n) is 8.57. The summed E-state index contributed by atoms with van der Waals surface area (Å²) in [5.74, 6) is -0.237. The molecule has 0 radical (unpaired) electrons. The fourth-order valence-electron chi connectivity index (χ4n) is 3.43. The van der Waals surface area contributed by atoms with Crippen LogP contribution in [0, 0.1) is 10.1 Å². The molecule has 1 heterocycles. The Morgan fingerprint density at radius 3 is 2.37 bits per heavy atom. The number of nitro groups is 1. The van der Waals surface area contributed by atoms with E-state index in [1.165, 1.54) is 12.1 Å². The van der Waals surface area contributed by atoms with Crippen molar-refractivity contribution in [3.63, 3.8) is 0 Å². The van der Waals surface area contributed by atoms with Gasteiger partial charge in [0.05, 0.1) is 22.0 Å². The highest BCUT2D eigenvalue weighted by Crippen LogP contribution is 2.31. The molecule has 0 saturated heterocycles. The maximum atomic E-state index is 13.2. The predicted molar refractivity (Wildman–Crippen MR) is 105 cm³/mol. The van der Waals surface area contributed by atoms with Gasteiger partial charge in [0.1, 0.15) is 0 Å². The van der Waals surface area contributed by atoms with E-state index in [9.17, 15) is 14.9 Å². The fourth-order valence-corrected chi connectivity index (χ4v) is 3.43. The van der Waals surface area contributed by atoms with Crippen molar-refractivity contribution < 1.29 is 9.72 Å². The van der Waals surface area contributed by atoms with Crippen molar-refractivity contribution in [2.45, 2.75) is 12.5 Å². The number of benzene rings is 3. The number of non-ortho nitro benzene ring substituents is 1. The zero-order valence-corrected chi connectivity index (χ0v) is 14.4. The van der Waals surface area contributed by atoms with E-state index < -0.39 is 11.0 Å². The van der Waals surface area contributed by atoms with Crippen LogP contribution in [0.25, 0.3) is 21.8 Å². The zero-order valence-electron chi connectivity index (χ0n) is 14.4. The van der Waals surface area contributed by atoms with Crippen molar-refractivity contribution in [2.75, 3.05) is 0 Å². The third kappa shape index (κ3) is 2.96. The van der Waals surface area contributed by atoms with Crippen LogP contribution in [0.1, 0.15) is 10.4 Å². The molecule has 1 unspecified atom stereocenters. The van der Waals surface area contributed by atoms with Crippen LogP contribution in [-0.2, 0) is 6.42 Å². The second-order valence-corrected chi connectivity index (χ2v) is 6.45. The Morgan fingerprint density at radius 2 is 1.63 bits per heavy atom. The molecule has 2 N–H and O–H groups in total. The first-order chi connectivity index (χ1) is 13.1. The second-order valence-electron chi connectivity index (χ2n) is 6.45. The Kier molecular flexibility index (Phi) is 4.18. The molecule has 3 aromatic carbocycles. The van der Waals surface area contributed by atoms with Gasteiger partial charge in [0.2, 0.25) is 5.91 Å². The molecule has 0 bridgehead atoms. The lowest BCUT2D eigenvalue weighted by Gasteiger charge is -2.13. The maximum Gasteiger partial charge on any atom is 0.270 e. The van der Waals surface area contributed by atoms with Crippen molar-refractivity contribution in [1.29, 1.82) is 0 Å². The number of aromatic nitrogens is 1. The summed E-state index contributed by atoms with van der Waals surface area (Å²) >= 11 is 0. The summed E-state index contributed by atoms with van der Waals surface area (Å²) in [5.41, 5.74) is 8.51. The molecule has 27 heavy (non-hydrogen) atoms. The number of fused-ring (bicyclic) bond motifs is 3. The van der Waals surface area contributed by atoms with Crippen molar-refractivity contribution in [3.8, 4) is 0 Å². The van der Waals surface area contributed by atoms with Crippen LogP contribution in [0.15, 0.2) is 72.8 Å². The lowest BCUT2D eigenvalue weighted by Crippen LogP contribution is -2.36. The van der Waals surface area contributed by atoms with Crippen LogP contribution in [-0.4, -0.2) is 21.4 Å². The largest absolute Gasteiger partial charge is 0.320 e. The quantitative estimate of drug-likeness (QED) is 0.442. The van der Waals surface area contributed by atoms with Crippen molar-refractivity contribution >= 4 is 33.4 Å². The Hall–Kier alpha value is -3.51. The minimum absolute atomic E-state index is 0.00793. The highest BCUT2D eigenvalue weighted by Gasteiger charge is 2.22. The summed E-state index contributed by atoms with van der Waals surface area (Å²) in [6.07, 6.45) is 0.417. The van der Waals surface area contributed by atoms with Gasteiger partial charge in [0, 0.05) is 22.9 Å². The lowest BCUT2D eigenvalue weighted by molar-refractivity contribution is -0.384. The van der Waals surface area contributed by atoms with E-state index in [4.69, 9.17) is 5.73 Å². The van der Waals surface area contributed by atoms with Gasteiger partial charge in [-0.25, -0.2) is 0 Å². The van der Waals surface area contributed by atoms with Gasteiger partial charge in [0.25, 0.3) is 5.69 Å². The molecule has 0 aliphatic rings.